The zero-order valence-corrected chi connectivity index (χ0v) is 8.67. The summed E-state index contributed by atoms with van der Waals surface area (Å²) in [5.41, 5.74) is 0. The molecule has 2 atom stereocenters. The van der Waals surface area contributed by atoms with E-state index in [1.165, 1.54) is 0 Å². The molecule has 1 heterocycles. The summed E-state index contributed by atoms with van der Waals surface area (Å²) in [7, 11) is 0. The molecule has 1 saturated heterocycles. The average Bonchev–Trinajstić information content (AvgIpc) is 2.03. The number of carbonyl (C=O) groups is 1. The molecule has 0 aliphatic carbocycles. The fourth-order valence-corrected chi connectivity index (χ4v) is 1.67. The average molecular weight is 185 g/mol. The van der Waals surface area contributed by atoms with Crippen molar-refractivity contribution in [3.63, 3.8) is 0 Å². The van der Waals surface area contributed by atoms with Crippen LogP contribution in [0, 0.1) is 5.92 Å². The molecule has 3 heteroatoms. The minimum absolute atomic E-state index is 0.0118. The third-order valence-electron chi connectivity index (χ3n) is 2.31. The van der Waals surface area contributed by atoms with Crippen LogP contribution in [0.25, 0.3) is 0 Å². The zero-order chi connectivity index (χ0) is 9.84. The lowest BCUT2D eigenvalue weighted by molar-refractivity contribution is -0.153. The molecule has 1 N–H and O–H groups in total. The van der Waals surface area contributed by atoms with Gasteiger partial charge in [0.15, 0.2) is 0 Å². The van der Waals surface area contributed by atoms with Gasteiger partial charge in [0.25, 0.3) is 0 Å². The smallest absolute Gasteiger partial charge is 0.309 e. The summed E-state index contributed by atoms with van der Waals surface area (Å²) in [6.07, 6.45) is 1.83. The van der Waals surface area contributed by atoms with E-state index < -0.39 is 0 Å². The molecule has 1 rings (SSSR count). The Morgan fingerprint density at radius 1 is 1.54 bits per heavy atom. The number of ether oxygens (including phenoxy) is 1. The number of esters is 1. The Hall–Kier alpha value is -0.570. The molecule has 0 spiro atoms. The second kappa shape index (κ2) is 4.61. The Kier molecular flexibility index (Phi) is 3.72. The van der Waals surface area contributed by atoms with Crippen LogP contribution in [0.5, 0.6) is 0 Å². The third kappa shape index (κ3) is 3.35. The van der Waals surface area contributed by atoms with Crippen LogP contribution in [0.1, 0.15) is 33.6 Å². The number of nitrogens with one attached hydrogen (secondary N) is 1. The molecule has 1 aliphatic rings. The first-order valence-corrected chi connectivity index (χ1v) is 5.03. The number of hydrogen-bond donors (Lipinski definition) is 1. The summed E-state index contributed by atoms with van der Waals surface area (Å²) in [5, 5.41) is 3.31. The van der Waals surface area contributed by atoms with Crippen molar-refractivity contribution in [1.82, 2.24) is 5.32 Å². The molecule has 13 heavy (non-hydrogen) atoms. The van der Waals surface area contributed by atoms with E-state index >= 15 is 0 Å². The molecule has 0 aromatic carbocycles. The van der Waals surface area contributed by atoms with E-state index in [0.717, 1.165) is 19.4 Å². The fourth-order valence-electron chi connectivity index (χ4n) is 1.67. The van der Waals surface area contributed by atoms with Crippen molar-refractivity contribution in [2.24, 2.45) is 5.92 Å². The van der Waals surface area contributed by atoms with E-state index in [1.54, 1.807) is 0 Å². The van der Waals surface area contributed by atoms with Crippen molar-refractivity contribution in [3.05, 3.63) is 0 Å². The standard InChI is InChI=1S/C10H19NO2/c1-7(2)13-10(12)9-4-5-11-8(3)6-9/h7-9,11H,4-6H2,1-3H3. The van der Waals surface area contributed by atoms with Crippen LogP contribution in [0.3, 0.4) is 0 Å². The Bertz CT molecular complexity index is 180. The van der Waals surface area contributed by atoms with E-state index in [2.05, 4.69) is 12.2 Å². The van der Waals surface area contributed by atoms with Crippen molar-refractivity contribution in [1.29, 1.82) is 0 Å². The van der Waals surface area contributed by atoms with Gasteiger partial charge in [-0.3, -0.25) is 4.79 Å². The first-order chi connectivity index (χ1) is 6.09. The largest absolute Gasteiger partial charge is 0.463 e. The molecular formula is C10H19NO2. The van der Waals surface area contributed by atoms with Crippen molar-refractivity contribution < 1.29 is 9.53 Å². The molecule has 0 aromatic heterocycles. The second-order valence-electron chi connectivity index (χ2n) is 4.06. The van der Waals surface area contributed by atoms with Gasteiger partial charge in [-0.25, -0.2) is 0 Å². The second-order valence-corrected chi connectivity index (χ2v) is 4.06. The van der Waals surface area contributed by atoms with Gasteiger partial charge in [-0.15, -0.1) is 0 Å². The molecule has 0 radical (unpaired) electrons. The first kappa shape index (κ1) is 10.5. The van der Waals surface area contributed by atoms with Crippen LogP contribution in [0.4, 0.5) is 0 Å². The highest BCUT2D eigenvalue weighted by Gasteiger charge is 2.26. The maximum absolute atomic E-state index is 11.5. The lowest BCUT2D eigenvalue weighted by atomic mass is 9.93. The number of hydrogen-bond acceptors (Lipinski definition) is 3. The summed E-state index contributed by atoms with van der Waals surface area (Å²) in [6.45, 7) is 6.82. The van der Waals surface area contributed by atoms with Gasteiger partial charge in [-0.2, -0.15) is 0 Å². The molecule has 2 unspecified atom stereocenters. The van der Waals surface area contributed by atoms with Gasteiger partial charge >= 0.3 is 5.97 Å². The Morgan fingerprint density at radius 2 is 2.23 bits per heavy atom. The van der Waals surface area contributed by atoms with Gasteiger partial charge < -0.3 is 10.1 Å². The van der Waals surface area contributed by atoms with E-state index in [4.69, 9.17) is 4.74 Å². The highest BCUT2D eigenvalue weighted by Crippen LogP contribution is 2.17. The SMILES string of the molecule is CC1CC(C(=O)OC(C)C)CCN1. The molecule has 0 amide bonds. The van der Waals surface area contributed by atoms with E-state index in [9.17, 15) is 4.79 Å². The zero-order valence-electron chi connectivity index (χ0n) is 8.67. The van der Waals surface area contributed by atoms with E-state index in [0.29, 0.717) is 6.04 Å². The fraction of sp³-hybridized carbons (Fsp3) is 0.900. The third-order valence-corrected chi connectivity index (χ3v) is 2.31. The summed E-state index contributed by atoms with van der Waals surface area (Å²) < 4.78 is 5.17. The highest BCUT2D eigenvalue weighted by molar-refractivity contribution is 5.72. The molecule has 0 saturated carbocycles. The lowest BCUT2D eigenvalue weighted by Crippen LogP contribution is -2.39. The minimum Gasteiger partial charge on any atom is -0.463 e. The topological polar surface area (TPSA) is 38.3 Å². The maximum Gasteiger partial charge on any atom is 0.309 e. The number of piperidine rings is 1. The van der Waals surface area contributed by atoms with Gasteiger partial charge in [0.2, 0.25) is 0 Å². The Balaban J connectivity index is 2.37. The van der Waals surface area contributed by atoms with Crippen molar-refractivity contribution >= 4 is 5.97 Å². The van der Waals surface area contributed by atoms with E-state index in [1.807, 2.05) is 13.8 Å². The van der Waals surface area contributed by atoms with Gasteiger partial charge in [-0.05, 0) is 40.2 Å². The molecule has 3 nitrogen and oxygen atoms in total. The van der Waals surface area contributed by atoms with Crippen LogP contribution < -0.4 is 5.32 Å². The van der Waals surface area contributed by atoms with Crippen molar-refractivity contribution in [2.75, 3.05) is 6.54 Å². The monoisotopic (exact) mass is 185 g/mol. The molecular weight excluding hydrogens is 166 g/mol. The van der Waals surface area contributed by atoms with Gasteiger partial charge in [-0.1, -0.05) is 0 Å². The highest BCUT2D eigenvalue weighted by atomic mass is 16.5. The Morgan fingerprint density at radius 3 is 2.77 bits per heavy atom. The predicted molar refractivity (Wildman–Crippen MR) is 51.4 cm³/mol. The minimum atomic E-state index is -0.0247. The van der Waals surface area contributed by atoms with Gasteiger partial charge in [0.05, 0.1) is 12.0 Å². The quantitative estimate of drug-likeness (QED) is 0.659. The lowest BCUT2D eigenvalue weighted by Gasteiger charge is -2.27. The number of rotatable bonds is 2. The summed E-state index contributed by atoms with van der Waals surface area (Å²) in [6, 6.07) is 0.443. The Labute approximate surface area is 79.8 Å². The summed E-state index contributed by atoms with van der Waals surface area (Å²) in [5.74, 6) is 0.0852. The van der Waals surface area contributed by atoms with E-state index in [-0.39, 0.29) is 18.0 Å². The predicted octanol–water partition coefficient (Wildman–Crippen LogP) is 1.33. The van der Waals surface area contributed by atoms with Crippen LogP contribution in [-0.4, -0.2) is 24.7 Å². The van der Waals surface area contributed by atoms with Gasteiger partial charge in [0, 0.05) is 6.04 Å². The summed E-state index contributed by atoms with van der Waals surface area (Å²) >= 11 is 0. The van der Waals surface area contributed by atoms with Crippen molar-refractivity contribution in [3.8, 4) is 0 Å². The van der Waals surface area contributed by atoms with Gasteiger partial charge in [0.1, 0.15) is 0 Å². The number of carbonyl (C=O) groups excluding carboxylic acids is 1. The molecule has 1 fully saturated rings. The van der Waals surface area contributed by atoms with Crippen molar-refractivity contribution in [2.45, 2.75) is 45.8 Å². The van der Waals surface area contributed by atoms with Crippen LogP contribution in [0.2, 0.25) is 0 Å². The molecule has 0 aromatic rings. The molecule has 1 aliphatic heterocycles. The van der Waals surface area contributed by atoms with Crippen LogP contribution in [0.15, 0.2) is 0 Å². The normalized spacial score (nSPS) is 28.9. The molecule has 76 valence electrons. The first-order valence-electron chi connectivity index (χ1n) is 5.03. The molecule has 0 bridgehead atoms. The summed E-state index contributed by atoms with van der Waals surface area (Å²) in [4.78, 5) is 11.5. The maximum atomic E-state index is 11.5. The van der Waals surface area contributed by atoms with Crippen LogP contribution in [-0.2, 0) is 9.53 Å². The van der Waals surface area contributed by atoms with Crippen LogP contribution >= 0.6 is 0 Å².